The highest BCUT2D eigenvalue weighted by Crippen LogP contribution is 2.24. The van der Waals surface area contributed by atoms with Gasteiger partial charge in [0.2, 0.25) is 15.9 Å². The molecular weight excluding hydrogens is 290 g/mol. The van der Waals surface area contributed by atoms with E-state index in [-0.39, 0.29) is 10.8 Å². The lowest BCUT2D eigenvalue weighted by Gasteiger charge is -2.23. The van der Waals surface area contributed by atoms with Crippen molar-refractivity contribution in [3.05, 3.63) is 24.3 Å². The fraction of sp³-hybridized carbons (Fsp3) is 0.500. The molecule has 21 heavy (non-hydrogen) atoms. The van der Waals surface area contributed by atoms with Gasteiger partial charge in [-0.2, -0.15) is 0 Å². The Morgan fingerprint density at radius 1 is 1.38 bits per heavy atom. The summed E-state index contributed by atoms with van der Waals surface area (Å²) in [5, 5.41) is 5.90. The highest BCUT2D eigenvalue weighted by Gasteiger charge is 2.36. The minimum absolute atomic E-state index is 0.0850. The van der Waals surface area contributed by atoms with Crippen molar-refractivity contribution in [2.75, 3.05) is 18.4 Å². The highest BCUT2D eigenvalue weighted by atomic mass is 32.2. The van der Waals surface area contributed by atoms with E-state index in [1.165, 1.54) is 6.07 Å². The number of anilines is 1. The lowest BCUT2D eigenvalue weighted by atomic mass is 9.99. The number of hydrogen-bond acceptors (Lipinski definition) is 4. The number of carbonyl (C=O) groups excluding carboxylic acids is 1. The predicted molar refractivity (Wildman–Crippen MR) is 81.6 cm³/mol. The molecule has 3 N–H and O–H groups in total. The van der Waals surface area contributed by atoms with Crippen LogP contribution in [0.2, 0.25) is 0 Å². The molecule has 0 aromatic heterocycles. The van der Waals surface area contributed by atoms with Crippen LogP contribution >= 0.6 is 0 Å². The Morgan fingerprint density at radius 2 is 2.10 bits per heavy atom. The maximum atomic E-state index is 12.4. The third-order valence-electron chi connectivity index (χ3n) is 3.63. The van der Waals surface area contributed by atoms with Crippen LogP contribution in [0.1, 0.15) is 26.7 Å². The van der Waals surface area contributed by atoms with E-state index < -0.39 is 15.6 Å². The first-order valence-corrected chi connectivity index (χ1v) is 8.52. The van der Waals surface area contributed by atoms with E-state index >= 15 is 0 Å². The Morgan fingerprint density at radius 3 is 2.71 bits per heavy atom. The second-order valence-electron chi connectivity index (χ2n) is 5.31. The minimum Gasteiger partial charge on any atom is -0.323 e. The lowest BCUT2D eigenvalue weighted by molar-refractivity contribution is -0.121. The fourth-order valence-corrected chi connectivity index (χ4v) is 3.62. The third kappa shape index (κ3) is 3.42. The molecule has 0 aliphatic carbocycles. The molecule has 1 saturated heterocycles. The Kier molecular flexibility index (Phi) is 4.65. The average molecular weight is 311 g/mol. The Labute approximate surface area is 125 Å². The van der Waals surface area contributed by atoms with E-state index in [9.17, 15) is 13.2 Å². The van der Waals surface area contributed by atoms with Crippen LogP contribution in [0.3, 0.4) is 0 Å². The van der Waals surface area contributed by atoms with Gasteiger partial charge in [0.1, 0.15) is 4.90 Å². The van der Waals surface area contributed by atoms with Gasteiger partial charge in [-0.25, -0.2) is 13.1 Å². The van der Waals surface area contributed by atoms with Crippen molar-refractivity contribution in [3.63, 3.8) is 0 Å². The molecule has 1 aliphatic heterocycles. The van der Waals surface area contributed by atoms with Gasteiger partial charge in [-0.05, 0) is 38.4 Å². The minimum atomic E-state index is -3.62. The zero-order chi connectivity index (χ0) is 15.5. The molecule has 1 amide bonds. The summed E-state index contributed by atoms with van der Waals surface area (Å²) >= 11 is 0. The van der Waals surface area contributed by atoms with E-state index in [0.717, 1.165) is 19.4 Å². The van der Waals surface area contributed by atoms with Gasteiger partial charge in [0.25, 0.3) is 0 Å². The maximum Gasteiger partial charge on any atom is 0.244 e. The van der Waals surface area contributed by atoms with Crippen molar-refractivity contribution in [1.82, 2.24) is 10.0 Å². The summed E-state index contributed by atoms with van der Waals surface area (Å²) in [7, 11) is -3.62. The molecule has 1 unspecified atom stereocenters. The van der Waals surface area contributed by atoms with E-state index in [1.807, 2.05) is 6.92 Å². The van der Waals surface area contributed by atoms with Crippen LogP contribution in [0, 0.1) is 0 Å². The smallest absolute Gasteiger partial charge is 0.244 e. The topological polar surface area (TPSA) is 87.3 Å². The van der Waals surface area contributed by atoms with Crippen LogP contribution < -0.4 is 15.4 Å². The number of nitrogens with one attached hydrogen (secondary N) is 3. The Balaban J connectivity index is 2.27. The van der Waals surface area contributed by atoms with E-state index in [4.69, 9.17) is 0 Å². The molecule has 0 saturated carbocycles. The molecular formula is C14H21N3O3S. The number of benzene rings is 1. The van der Waals surface area contributed by atoms with Crippen molar-refractivity contribution < 1.29 is 13.2 Å². The molecule has 116 valence electrons. The normalized spacial score (nSPS) is 22.2. The monoisotopic (exact) mass is 311 g/mol. The number of rotatable bonds is 5. The maximum absolute atomic E-state index is 12.4. The molecule has 0 radical (unpaired) electrons. The Hall–Kier alpha value is -1.44. The molecule has 7 heteroatoms. The van der Waals surface area contributed by atoms with Gasteiger partial charge >= 0.3 is 0 Å². The molecule has 1 heterocycles. The van der Waals surface area contributed by atoms with Gasteiger partial charge in [-0.1, -0.05) is 19.1 Å². The third-order valence-corrected chi connectivity index (χ3v) is 5.23. The van der Waals surface area contributed by atoms with Gasteiger partial charge in [-0.3, -0.25) is 4.79 Å². The van der Waals surface area contributed by atoms with Crippen molar-refractivity contribution in [2.45, 2.75) is 37.1 Å². The zero-order valence-electron chi connectivity index (χ0n) is 12.3. The first-order chi connectivity index (χ1) is 9.89. The lowest BCUT2D eigenvalue weighted by Crippen LogP contribution is -2.48. The summed E-state index contributed by atoms with van der Waals surface area (Å²) in [6.07, 6.45) is 1.67. The Bertz CT molecular complexity index is 622. The summed E-state index contributed by atoms with van der Waals surface area (Å²) in [5.41, 5.74) is -0.340. The quantitative estimate of drug-likeness (QED) is 0.759. The predicted octanol–water partition coefficient (Wildman–Crippen LogP) is 1.07. The summed E-state index contributed by atoms with van der Waals surface area (Å²) in [6, 6.07) is 6.42. The summed E-state index contributed by atoms with van der Waals surface area (Å²) in [4.78, 5) is 12.5. The molecule has 6 nitrogen and oxygen atoms in total. The van der Waals surface area contributed by atoms with Crippen LogP contribution in [0.5, 0.6) is 0 Å². The highest BCUT2D eigenvalue weighted by molar-refractivity contribution is 7.89. The van der Waals surface area contributed by atoms with Gasteiger partial charge in [0, 0.05) is 6.54 Å². The van der Waals surface area contributed by atoms with E-state index in [2.05, 4.69) is 15.4 Å². The molecule has 1 aromatic carbocycles. The molecule has 1 aliphatic rings. The molecule has 0 spiro atoms. The molecule has 1 fully saturated rings. The van der Waals surface area contributed by atoms with Gasteiger partial charge in [0.15, 0.2) is 0 Å². The van der Waals surface area contributed by atoms with Gasteiger partial charge in [0.05, 0.1) is 11.2 Å². The van der Waals surface area contributed by atoms with Crippen molar-refractivity contribution in [3.8, 4) is 0 Å². The number of amides is 1. The van der Waals surface area contributed by atoms with Crippen LogP contribution in [0.4, 0.5) is 5.69 Å². The first kappa shape index (κ1) is 15.9. The second kappa shape index (κ2) is 6.13. The summed E-state index contributed by atoms with van der Waals surface area (Å²) in [5.74, 6) is -0.209. The van der Waals surface area contributed by atoms with Crippen LogP contribution in [0.25, 0.3) is 0 Å². The average Bonchev–Trinajstić information content (AvgIpc) is 2.87. The molecule has 1 aromatic rings. The van der Waals surface area contributed by atoms with Crippen LogP contribution in [-0.2, 0) is 14.8 Å². The van der Waals surface area contributed by atoms with Gasteiger partial charge < -0.3 is 10.6 Å². The summed E-state index contributed by atoms with van der Waals surface area (Å²) < 4.78 is 26.8. The van der Waals surface area contributed by atoms with Crippen LogP contribution in [0.15, 0.2) is 29.2 Å². The summed E-state index contributed by atoms with van der Waals surface area (Å²) in [6.45, 7) is 4.63. The van der Waals surface area contributed by atoms with Gasteiger partial charge in [-0.15, -0.1) is 0 Å². The molecule has 0 bridgehead atoms. The van der Waals surface area contributed by atoms with Crippen molar-refractivity contribution in [2.24, 2.45) is 0 Å². The van der Waals surface area contributed by atoms with Crippen molar-refractivity contribution in [1.29, 1.82) is 0 Å². The first-order valence-electron chi connectivity index (χ1n) is 7.04. The van der Waals surface area contributed by atoms with Crippen LogP contribution in [-0.4, -0.2) is 33.0 Å². The second-order valence-corrected chi connectivity index (χ2v) is 7.05. The molecule has 1 atom stereocenters. The van der Waals surface area contributed by atoms with Crippen molar-refractivity contribution >= 4 is 21.6 Å². The SMILES string of the molecule is CCNS(=O)(=O)c1ccccc1NC(=O)C1(C)CCCN1. The zero-order valence-corrected chi connectivity index (χ0v) is 13.1. The van der Waals surface area contributed by atoms with E-state index in [1.54, 1.807) is 25.1 Å². The standard InChI is InChI=1S/C14H21N3O3S/c1-3-16-21(19,20)12-8-5-4-7-11(12)17-13(18)14(2)9-6-10-15-14/h4-5,7-8,15-16H,3,6,9-10H2,1-2H3,(H,17,18). The number of sulfonamides is 1. The number of hydrogen-bond donors (Lipinski definition) is 3. The molecule has 2 rings (SSSR count). The largest absolute Gasteiger partial charge is 0.323 e. The fourth-order valence-electron chi connectivity index (χ4n) is 2.42. The van der Waals surface area contributed by atoms with E-state index in [0.29, 0.717) is 12.2 Å². The number of carbonyl (C=O) groups is 1. The number of para-hydroxylation sites is 1.